The molecule has 0 saturated carbocycles. The standard InChI is InChI=1S/C10H14N4/c1-8-2-11-3-9(1)14(6-8)10-4-12-7-13-5-10/h4-5,7-9,11H,1-3,6H2. The zero-order chi connectivity index (χ0) is 9.38. The van der Waals surface area contributed by atoms with Crippen molar-refractivity contribution in [2.45, 2.75) is 12.5 Å². The summed E-state index contributed by atoms with van der Waals surface area (Å²) < 4.78 is 0. The van der Waals surface area contributed by atoms with Gasteiger partial charge in [-0.1, -0.05) is 0 Å². The molecule has 1 aromatic rings. The third-order valence-electron chi connectivity index (χ3n) is 3.19. The van der Waals surface area contributed by atoms with E-state index in [4.69, 9.17) is 0 Å². The smallest absolute Gasteiger partial charge is 0.115 e. The summed E-state index contributed by atoms with van der Waals surface area (Å²) in [5.41, 5.74) is 1.17. The van der Waals surface area contributed by atoms with Gasteiger partial charge in [0.15, 0.2) is 0 Å². The van der Waals surface area contributed by atoms with Gasteiger partial charge in [0.25, 0.3) is 0 Å². The Morgan fingerprint density at radius 2 is 2.14 bits per heavy atom. The lowest BCUT2D eigenvalue weighted by Gasteiger charge is -2.25. The fourth-order valence-electron chi connectivity index (χ4n) is 2.57. The molecule has 0 aromatic carbocycles. The number of nitrogens with one attached hydrogen (secondary N) is 1. The first-order valence-corrected chi connectivity index (χ1v) is 5.16. The zero-order valence-electron chi connectivity index (χ0n) is 8.06. The Balaban J connectivity index is 1.86. The van der Waals surface area contributed by atoms with E-state index >= 15 is 0 Å². The molecule has 3 rings (SSSR count). The van der Waals surface area contributed by atoms with Crippen molar-refractivity contribution in [3.05, 3.63) is 18.7 Å². The summed E-state index contributed by atoms with van der Waals surface area (Å²) in [7, 11) is 0. The highest BCUT2D eigenvalue weighted by Crippen LogP contribution is 2.29. The number of hydrogen-bond acceptors (Lipinski definition) is 4. The molecule has 0 amide bonds. The minimum atomic E-state index is 0.653. The summed E-state index contributed by atoms with van der Waals surface area (Å²) in [4.78, 5) is 10.6. The molecule has 1 aromatic heterocycles. The third-order valence-corrected chi connectivity index (χ3v) is 3.19. The van der Waals surface area contributed by atoms with Gasteiger partial charge in [-0.2, -0.15) is 0 Å². The molecule has 2 saturated heterocycles. The van der Waals surface area contributed by atoms with E-state index in [-0.39, 0.29) is 0 Å². The van der Waals surface area contributed by atoms with Crippen molar-refractivity contribution in [2.75, 3.05) is 24.5 Å². The van der Waals surface area contributed by atoms with Crippen LogP contribution < -0.4 is 10.2 Å². The molecule has 4 heteroatoms. The first-order valence-electron chi connectivity index (χ1n) is 5.16. The van der Waals surface area contributed by atoms with Crippen molar-refractivity contribution in [2.24, 2.45) is 5.92 Å². The minimum Gasteiger partial charge on any atom is -0.364 e. The zero-order valence-corrected chi connectivity index (χ0v) is 8.06. The van der Waals surface area contributed by atoms with Crippen molar-refractivity contribution in [1.82, 2.24) is 15.3 Å². The number of piperidine rings is 1. The Labute approximate surface area is 83.4 Å². The average Bonchev–Trinajstić information content (AvgIpc) is 2.55. The maximum Gasteiger partial charge on any atom is 0.115 e. The highest BCUT2D eigenvalue weighted by Gasteiger charge is 2.35. The van der Waals surface area contributed by atoms with E-state index in [0.717, 1.165) is 19.0 Å². The summed E-state index contributed by atoms with van der Waals surface area (Å²) in [6.07, 6.45) is 6.73. The molecule has 1 N–H and O–H groups in total. The predicted molar refractivity (Wildman–Crippen MR) is 54.1 cm³/mol. The van der Waals surface area contributed by atoms with Crippen LogP contribution in [-0.4, -0.2) is 35.6 Å². The van der Waals surface area contributed by atoms with Crippen LogP contribution in [0, 0.1) is 5.92 Å². The Morgan fingerprint density at radius 3 is 2.93 bits per heavy atom. The molecule has 3 heterocycles. The molecular formula is C10H14N4. The van der Waals surface area contributed by atoms with Gasteiger partial charge in [0.1, 0.15) is 6.33 Å². The Kier molecular flexibility index (Phi) is 1.87. The molecule has 0 spiro atoms. The Morgan fingerprint density at radius 1 is 1.29 bits per heavy atom. The average molecular weight is 190 g/mol. The van der Waals surface area contributed by atoms with E-state index in [1.165, 1.54) is 18.7 Å². The second-order valence-electron chi connectivity index (χ2n) is 4.16. The van der Waals surface area contributed by atoms with Crippen LogP contribution in [0.15, 0.2) is 18.7 Å². The van der Waals surface area contributed by atoms with Crippen LogP contribution in [0.5, 0.6) is 0 Å². The first-order chi connectivity index (χ1) is 6.93. The van der Waals surface area contributed by atoms with Gasteiger partial charge < -0.3 is 10.2 Å². The van der Waals surface area contributed by atoms with Gasteiger partial charge in [0, 0.05) is 19.1 Å². The quantitative estimate of drug-likeness (QED) is 0.690. The number of nitrogens with zero attached hydrogens (tertiary/aromatic N) is 3. The van der Waals surface area contributed by atoms with E-state index in [1.54, 1.807) is 6.33 Å². The van der Waals surface area contributed by atoms with E-state index in [9.17, 15) is 0 Å². The summed E-state index contributed by atoms with van der Waals surface area (Å²) in [6.45, 7) is 3.43. The highest BCUT2D eigenvalue weighted by atomic mass is 15.2. The van der Waals surface area contributed by atoms with E-state index in [2.05, 4.69) is 20.2 Å². The first kappa shape index (κ1) is 8.17. The van der Waals surface area contributed by atoms with E-state index in [1.807, 2.05) is 12.4 Å². The molecule has 74 valence electrons. The van der Waals surface area contributed by atoms with Gasteiger partial charge >= 0.3 is 0 Å². The van der Waals surface area contributed by atoms with E-state index < -0.39 is 0 Å². The lowest BCUT2D eigenvalue weighted by atomic mass is 10.0. The predicted octanol–water partition coefficient (Wildman–Crippen LogP) is 0.275. The lowest BCUT2D eigenvalue weighted by Crippen LogP contribution is -2.39. The minimum absolute atomic E-state index is 0.653. The van der Waals surface area contributed by atoms with Gasteiger partial charge in [0.05, 0.1) is 18.1 Å². The van der Waals surface area contributed by atoms with Crippen LogP contribution in [0.4, 0.5) is 5.69 Å². The van der Waals surface area contributed by atoms with Gasteiger partial charge in [-0.25, -0.2) is 9.97 Å². The third kappa shape index (κ3) is 1.26. The maximum absolute atomic E-state index is 4.07. The van der Waals surface area contributed by atoms with Crippen LogP contribution in [0.3, 0.4) is 0 Å². The van der Waals surface area contributed by atoms with Gasteiger partial charge in [-0.3, -0.25) is 0 Å². The van der Waals surface area contributed by atoms with Gasteiger partial charge in [-0.15, -0.1) is 0 Å². The van der Waals surface area contributed by atoms with Gasteiger partial charge in [0.2, 0.25) is 0 Å². The summed E-state index contributed by atoms with van der Waals surface area (Å²) in [5.74, 6) is 0.814. The fourth-order valence-corrected chi connectivity index (χ4v) is 2.57. The van der Waals surface area contributed by atoms with Crippen LogP contribution in [0.25, 0.3) is 0 Å². The van der Waals surface area contributed by atoms with Crippen molar-refractivity contribution < 1.29 is 0 Å². The topological polar surface area (TPSA) is 41.1 Å². The number of fused-ring (bicyclic) bond motifs is 2. The van der Waals surface area contributed by atoms with Crippen LogP contribution in [0.1, 0.15) is 6.42 Å². The fraction of sp³-hybridized carbons (Fsp3) is 0.600. The number of hydrogen-bond donors (Lipinski definition) is 1. The van der Waals surface area contributed by atoms with Crippen LogP contribution in [-0.2, 0) is 0 Å². The van der Waals surface area contributed by atoms with Crippen molar-refractivity contribution in [1.29, 1.82) is 0 Å². The second kappa shape index (κ2) is 3.20. The molecule has 14 heavy (non-hydrogen) atoms. The number of anilines is 1. The monoisotopic (exact) mass is 190 g/mol. The van der Waals surface area contributed by atoms with Crippen molar-refractivity contribution in [3.8, 4) is 0 Å². The SMILES string of the molecule is c1ncc(N2CC3CNCC2C3)cn1. The number of rotatable bonds is 1. The van der Waals surface area contributed by atoms with E-state index in [0.29, 0.717) is 6.04 Å². The molecule has 2 atom stereocenters. The largest absolute Gasteiger partial charge is 0.364 e. The molecule has 4 nitrogen and oxygen atoms in total. The highest BCUT2D eigenvalue weighted by molar-refractivity contribution is 5.45. The summed E-state index contributed by atoms with van der Waals surface area (Å²) in [6, 6.07) is 0.653. The Hall–Kier alpha value is -1.16. The molecule has 0 radical (unpaired) electrons. The normalized spacial score (nSPS) is 30.7. The van der Waals surface area contributed by atoms with Crippen molar-refractivity contribution >= 4 is 5.69 Å². The summed E-state index contributed by atoms with van der Waals surface area (Å²) in [5, 5.41) is 3.46. The van der Waals surface area contributed by atoms with Crippen LogP contribution >= 0.6 is 0 Å². The molecule has 2 fully saturated rings. The van der Waals surface area contributed by atoms with Gasteiger partial charge in [-0.05, 0) is 18.9 Å². The summed E-state index contributed by atoms with van der Waals surface area (Å²) >= 11 is 0. The molecule has 0 aliphatic carbocycles. The van der Waals surface area contributed by atoms with Crippen LogP contribution in [0.2, 0.25) is 0 Å². The molecule has 2 unspecified atom stereocenters. The lowest BCUT2D eigenvalue weighted by molar-refractivity contribution is 0.434. The molecular weight excluding hydrogens is 176 g/mol. The molecule has 2 aliphatic heterocycles. The Bertz CT molecular complexity index is 313. The second-order valence-corrected chi connectivity index (χ2v) is 4.16. The molecule has 2 aliphatic rings. The maximum atomic E-state index is 4.07. The molecule has 2 bridgehead atoms. The number of aromatic nitrogens is 2. The van der Waals surface area contributed by atoms with Crippen molar-refractivity contribution in [3.63, 3.8) is 0 Å².